The maximum atomic E-state index is 12.6. The van der Waals surface area contributed by atoms with E-state index in [0.717, 1.165) is 11.1 Å². The molecule has 1 aliphatic rings. The molecule has 0 saturated heterocycles. The fourth-order valence-electron chi connectivity index (χ4n) is 2.68. The fourth-order valence-corrected chi connectivity index (χ4v) is 2.68. The molecule has 5 nitrogen and oxygen atoms in total. The Bertz CT molecular complexity index is 678. The van der Waals surface area contributed by atoms with Gasteiger partial charge in [-0.1, -0.05) is 31.2 Å². The van der Waals surface area contributed by atoms with Gasteiger partial charge in [0.15, 0.2) is 5.89 Å². The smallest absolute Gasteiger partial charge is 0.291 e. The highest BCUT2D eigenvalue weighted by atomic mass is 16.4. The average Bonchev–Trinajstić information content (AvgIpc) is 2.87. The van der Waals surface area contributed by atoms with Crippen LogP contribution < -0.4 is 0 Å². The molecule has 5 heteroatoms. The number of rotatable bonds is 2. The highest BCUT2D eigenvalue weighted by molar-refractivity contribution is 5.92. The highest BCUT2D eigenvalue weighted by Crippen LogP contribution is 2.27. The largest absolute Gasteiger partial charge is 0.435 e. The molecule has 3 rings (SSSR count). The standard InChI is InChI=1S/C16H18N2O3/c1-3-14-17-10(2)15(21-14)16(20)18-8-11-6-4-5-7-12(11)13(19)9-18/h4-7,13,19H,3,8-9H2,1-2H3/t13-/m0/s1. The number of hydrogen-bond donors (Lipinski definition) is 1. The third-order valence-corrected chi connectivity index (χ3v) is 3.79. The van der Waals surface area contributed by atoms with Gasteiger partial charge >= 0.3 is 0 Å². The Balaban J connectivity index is 1.88. The summed E-state index contributed by atoms with van der Waals surface area (Å²) in [5.74, 6) is 0.625. The van der Waals surface area contributed by atoms with Crippen molar-refractivity contribution in [3.63, 3.8) is 0 Å². The number of aliphatic hydroxyl groups is 1. The molecule has 0 unspecified atom stereocenters. The van der Waals surface area contributed by atoms with Gasteiger partial charge in [-0.2, -0.15) is 0 Å². The summed E-state index contributed by atoms with van der Waals surface area (Å²) < 4.78 is 5.52. The van der Waals surface area contributed by atoms with Crippen LogP contribution >= 0.6 is 0 Å². The molecule has 0 spiro atoms. The zero-order valence-corrected chi connectivity index (χ0v) is 12.2. The first-order valence-electron chi connectivity index (χ1n) is 7.11. The van der Waals surface area contributed by atoms with E-state index in [9.17, 15) is 9.90 Å². The van der Waals surface area contributed by atoms with Gasteiger partial charge < -0.3 is 14.4 Å². The van der Waals surface area contributed by atoms with Crippen LogP contribution in [0, 0.1) is 6.92 Å². The zero-order chi connectivity index (χ0) is 15.0. The Hall–Kier alpha value is -2.14. The van der Waals surface area contributed by atoms with Crippen molar-refractivity contribution < 1.29 is 14.3 Å². The number of β-amino-alcohol motifs (C(OH)–C–C–N with tert-alkyl or cyclic N) is 1. The van der Waals surface area contributed by atoms with E-state index in [0.29, 0.717) is 24.6 Å². The lowest BCUT2D eigenvalue weighted by Crippen LogP contribution is -2.38. The van der Waals surface area contributed by atoms with Gasteiger partial charge in [0.2, 0.25) is 5.76 Å². The number of nitrogens with zero attached hydrogens (tertiary/aromatic N) is 2. The Labute approximate surface area is 123 Å². The highest BCUT2D eigenvalue weighted by Gasteiger charge is 2.30. The number of carbonyl (C=O) groups excluding carboxylic acids is 1. The van der Waals surface area contributed by atoms with Gasteiger partial charge in [-0.05, 0) is 18.1 Å². The number of hydrogen-bond acceptors (Lipinski definition) is 4. The van der Waals surface area contributed by atoms with Crippen LogP contribution in [0.25, 0.3) is 0 Å². The maximum absolute atomic E-state index is 12.6. The lowest BCUT2D eigenvalue weighted by molar-refractivity contribution is 0.0519. The number of amides is 1. The first-order chi connectivity index (χ1) is 10.1. The molecule has 2 aromatic rings. The Morgan fingerprint density at radius 3 is 2.95 bits per heavy atom. The van der Waals surface area contributed by atoms with Gasteiger partial charge in [0.1, 0.15) is 0 Å². The summed E-state index contributed by atoms with van der Waals surface area (Å²) in [6, 6.07) is 7.64. The van der Waals surface area contributed by atoms with E-state index in [1.54, 1.807) is 11.8 Å². The Kier molecular flexibility index (Phi) is 3.51. The second kappa shape index (κ2) is 5.33. The monoisotopic (exact) mass is 286 g/mol. The molecule has 1 amide bonds. The molecule has 0 saturated carbocycles. The van der Waals surface area contributed by atoms with Crippen molar-refractivity contribution in [1.29, 1.82) is 0 Å². The normalized spacial score (nSPS) is 17.7. The van der Waals surface area contributed by atoms with E-state index in [1.165, 1.54) is 0 Å². The summed E-state index contributed by atoms with van der Waals surface area (Å²) >= 11 is 0. The van der Waals surface area contributed by atoms with Crippen LogP contribution in [0.5, 0.6) is 0 Å². The second-order valence-corrected chi connectivity index (χ2v) is 5.28. The molecule has 0 radical (unpaired) electrons. The Morgan fingerprint density at radius 1 is 1.48 bits per heavy atom. The average molecular weight is 286 g/mol. The van der Waals surface area contributed by atoms with Crippen molar-refractivity contribution in [3.05, 3.63) is 52.7 Å². The third kappa shape index (κ3) is 2.45. The van der Waals surface area contributed by atoms with Gasteiger partial charge in [0.05, 0.1) is 18.3 Å². The molecule has 2 heterocycles. The van der Waals surface area contributed by atoms with Crippen molar-refractivity contribution >= 4 is 5.91 Å². The number of aliphatic hydroxyl groups excluding tert-OH is 1. The first kappa shape index (κ1) is 13.8. The molecule has 1 N–H and O–H groups in total. The predicted octanol–water partition coefficient (Wildman–Crippen LogP) is 2.23. The summed E-state index contributed by atoms with van der Waals surface area (Å²) in [6.07, 6.45) is -0.00711. The minimum absolute atomic E-state index is 0.215. The van der Waals surface area contributed by atoms with E-state index in [2.05, 4.69) is 4.98 Å². The van der Waals surface area contributed by atoms with Crippen LogP contribution in [0.3, 0.4) is 0 Å². The predicted molar refractivity (Wildman–Crippen MR) is 76.8 cm³/mol. The van der Waals surface area contributed by atoms with E-state index in [4.69, 9.17) is 4.42 Å². The number of carbonyl (C=O) groups is 1. The van der Waals surface area contributed by atoms with Gasteiger partial charge in [0.25, 0.3) is 5.91 Å². The molecule has 0 aliphatic carbocycles. The Morgan fingerprint density at radius 2 is 2.24 bits per heavy atom. The van der Waals surface area contributed by atoms with Crippen LogP contribution in [-0.4, -0.2) is 27.4 Å². The second-order valence-electron chi connectivity index (χ2n) is 5.28. The van der Waals surface area contributed by atoms with E-state index >= 15 is 0 Å². The van der Waals surface area contributed by atoms with E-state index < -0.39 is 6.10 Å². The molecular weight excluding hydrogens is 268 g/mol. The molecule has 1 aromatic heterocycles. The lowest BCUT2D eigenvalue weighted by Gasteiger charge is -2.31. The minimum Gasteiger partial charge on any atom is -0.435 e. The number of aromatic nitrogens is 1. The zero-order valence-electron chi connectivity index (χ0n) is 12.2. The fraction of sp³-hybridized carbons (Fsp3) is 0.375. The van der Waals surface area contributed by atoms with Crippen LogP contribution in [0.2, 0.25) is 0 Å². The summed E-state index contributed by atoms with van der Waals surface area (Å²) in [5, 5.41) is 10.2. The quantitative estimate of drug-likeness (QED) is 0.919. The molecule has 0 bridgehead atoms. The van der Waals surface area contributed by atoms with Crippen molar-refractivity contribution in [2.45, 2.75) is 32.9 Å². The van der Waals surface area contributed by atoms with Crippen LogP contribution in [0.15, 0.2) is 28.7 Å². The molecule has 1 aromatic carbocycles. The SMILES string of the molecule is CCc1nc(C)c(C(=O)N2Cc3ccccc3[C@@H](O)C2)o1. The van der Waals surface area contributed by atoms with Crippen molar-refractivity contribution in [2.75, 3.05) is 6.54 Å². The lowest BCUT2D eigenvalue weighted by atomic mass is 9.97. The summed E-state index contributed by atoms with van der Waals surface area (Å²) in [5.41, 5.74) is 2.47. The molecule has 110 valence electrons. The van der Waals surface area contributed by atoms with Crippen molar-refractivity contribution in [3.8, 4) is 0 Å². The maximum Gasteiger partial charge on any atom is 0.291 e. The number of benzene rings is 1. The van der Waals surface area contributed by atoms with E-state index in [-0.39, 0.29) is 18.2 Å². The molecule has 21 heavy (non-hydrogen) atoms. The molecule has 1 atom stereocenters. The van der Waals surface area contributed by atoms with Crippen molar-refractivity contribution in [2.24, 2.45) is 0 Å². The molecular formula is C16H18N2O3. The van der Waals surface area contributed by atoms with Gasteiger partial charge in [-0.3, -0.25) is 4.79 Å². The van der Waals surface area contributed by atoms with Crippen molar-refractivity contribution in [1.82, 2.24) is 9.88 Å². The summed E-state index contributed by atoms with van der Waals surface area (Å²) in [7, 11) is 0. The molecule has 1 aliphatic heterocycles. The number of oxazole rings is 1. The summed E-state index contributed by atoms with van der Waals surface area (Å²) in [6.45, 7) is 4.45. The minimum atomic E-state index is -0.659. The van der Waals surface area contributed by atoms with Gasteiger partial charge in [-0.15, -0.1) is 0 Å². The van der Waals surface area contributed by atoms with Crippen LogP contribution in [-0.2, 0) is 13.0 Å². The van der Waals surface area contributed by atoms with Gasteiger partial charge in [-0.25, -0.2) is 4.98 Å². The summed E-state index contributed by atoms with van der Waals surface area (Å²) in [4.78, 5) is 18.4. The van der Waals surface area contributed by atoms with Gasteiger partial charge in [0, 0.05) is 13.0 Å². The number of fused-ring (bicyclic) bond motifs is 1. The van der Waals surface area contributed by atoms with Crippen LogP contribution in [0.4, 0.5) is 0 Å². The molecule has 0 fully saturated rings. The van der Waals surface area contributed by atoms with Crippen LogP contribution in [0.1, 0.15) is 46.3 Å². The topological polar surface area (TPSA) is 66.6 Å². The first-order valence-corrected chi connectivity index (χ1v) is 7.11. The third-order valence-electron chi connectivity index (χ3n) is 3.79. The number of aryl methyl sites for hydroxylation is 2. The van der Waals surface area contributed by atoms with E-state index in [1.807, 2.05) is 31.2 Å².